The average molecular weight is 572 g/mol. The van der Waals surface area contributed by atoms with Gasteiger partial charge in [0.25, 0.3) is 0 Å². The van der Waals surface area contributed by atoms with E-state index in [1.54, 1.807) is 0 Å². The molecule has 0 radical (unpaired) electrons. The number of rotatable bonds is 11. The summed E-state index contributed by atoms with van der Waals surface area (Å²) in [4.78, 5) is 44.2. The molecule has 4 saturated carbocycles. The lowest BCUT2D eigenvalue weighted by atomic mass is 9.49. The fourth-order valence-corrected chi connectivity index (χ4v) is 8.61. The van der Waals surface area contributed by atoms with Crippen molar-refractivity contribution in [1.82, 2.24) is 15.1 Å². The maximum atomic E-state index is 13.8. The first kappa shape index (κ1) is 28.9. The largest absolute Gasteiger partial charge is 0.461 e. The fourth-order valence-electron chi connectivity index (χ4n) is 8.61. The van der Waals surface area contributed by atoms with E-state index in [1.807, 2.05) is 41.3 Å². The first-order valence-electron chi connectivity index (χ1n) is 16.0. The monoisotopic (exact) mass is 571 g/mol. The van der Waals surface area contributed by atoms with E-state index in [2.05, 4.69) is 34.5 Å². The van der Waals surface area contributed by atoms with Crippen molar-refractivity contribution < 1.29 is 19.1 Å². The number of hydrogen-bond acceptors (Lipinski definition) is 5. The SMILES string of the molecule is O=C(CC12CC3CC(CC(C3)C1)C2)NC(CCC(=O)OCc1ccccc1)C(=O)N1CCN(Cc2ccccc2)CC1. The van der Waals surface area contributed by atoms with Gasteiger partial charge in [0.15, 0.2) is 0 Å². The molecular formula is C35H45N3O4. The van der Waals surface area contributed by atoms with Crippen LogP contribution < -0.4 is 5.32 Å². The van der Waals surface area contributed by atoms with Gasteiger partial charge in [-0.25, -0.2) is 0 Å². The van der Waals surface area contributed by atoms with Gasteiger partial charge >= 0.3 is 5.97 Å². The normalized spacial score (nSPS) is 27.4. The van der Waals surface area contributed by atoms with Crippen LogP contribution in [0.5, 0.6) is 0 Å². The van der Waals surface area contributed by atoms with Crippen molar-refractivity contribution in [3.63, 3.8) is 0 Å². The second-order valence-electron chi connectivity index (χ2n) is 13.5. The van der Waals surface area contributed by atoms with Gasteiger partial charge in [0, 0.05) is 45.6 Å². The average Bonchev–Trinajstić information content (AvgIpc) is 2.98. The second-order valence-corrected chi connectivity index (χ2v) is 13.5. The van der Waals surface area contributed by atoms with Crippen LogP contribution in [0.25, 0.3) is 0 Å². The summed E-state index contributed by atoms with van der Waals surface area (Å²) in [5.41, 5.74) is 2.29. The molecule has 0 spiro atoms. The number of nitrogens with one attached hydrogen (secondary N) is 1. The van der Waals surface area contributed by atoms with E-state index >= 15 is 0 Å². The predicted molar refractivity (Wildman–Crippen MR) is 161 cm³/mol. The summed E-state index contributed by atoms with van der Waals surface area (Å²) in [5.74, 6) is 1.86. The zero-order valence-corrected chi connectivity index (χ0v) is 24.7. The van der Waals surface area contributed by atoms with Gasteiger partial charge in [-0.2, -0.15) is 0 Å². The standard InChI is InChI=1S/C35H45N3O4/c39-32(23-35-20-28-17-29(21-35)19-30(18-28)22-35)36-31(11-12-33(40)42-25-27-9-5-2-6-10-27)34(41)38-15-13-37(14-16-38)24-26-7-3-1-4-8-26/h1-10,28-31H,11-25H2,(H,36,39). The van der Waals surface area contributed by atoms with Crippen LogP contribution in [-0.2, 0) is 32.3 Å². The highest BCUT2D eigenvalue weighted by atomic mass is 16.5. The fraction of sp³-hybridized carbons (Fsp3) is 0.571. The zero-order valence-electron chi connectivity index (χ0n) is 24.7. The Morgan fingerprint density at radius 3 is 1.98 bits per heavy atom. The molecule has 0 aromatic heterocycles. The molecule has 2 aromatic carbocycles. The van der Waals surface area contributed by atoms with Crippen molar-refractivity contribution in [3.8, 4) is 0 Å². The highest BCUT2D eigenvalue weighted by Crippen LogP contribution is 2.61. The highest BCUT2D eigenvalue weighted by molar-refractivity contribution is 5.88. The highest BCUT2D eigenvalue weighted by Gasteiger charge is 2.51. The van der Waals surface area contributed by atoms with E-state index in [-0.39, 0.29) is 42.6 Å². The number of ether oxygens (including phenoxy) is 1. The van der Waals surface area contributed by atoms with Crippen molar-refractivity contribution >= 4 is 17.8 Å². The molecule has 5 fully saturated rings. The number of carbonyl (C=O) groups excluding carboxylic acids is 3. The van der Waals surface area contributed by atoms with E-state index in [1.165, 1.54) is 24.8 Å². The minimum atomic E-state index is -0.712. The lowest BCUT2D eigenvalue weighted by molar-refractivity contribution is -0.146. The summed E-state index contributed by atoms with van der Waals surface area (Å²) in [6, 6.07) is 19.3. The smallest absolute Gasteiger partial charge is 0.306 e. The van der Waals surface area contributed by atoms with E-state index in [4.69, 9.17) is 4.74 Å². The van der Waals surface area contributed by atoms with E-state index in [0.29, 0.717) is 19.5 Å². The number of benzene rings is 2. The topological polar surface area (TPSA) is 78.9 Å². The van der Waals surface area contributed by atoms with E-state index in [9.17, 15) is 14.4 Å². The molecule has 4 bridgehead atoms. The molecule has 224 valence electrons. The third-order valence-corrected chi connectivity index (χ3v) is 10.1. The molecule has 42 heavy (non-hydrogen) atoms. The van der Waals surface area contributed by atoms with Gasteiger partial charge in [0.2, 0.25) is 11.8 Å². The Balaban J connectivity index is 1.06. The number of hydrogen-bond donors (Lipinski definition) is 1. The van der Waals surface area contributed by atoms with Gasteiger partial charge in [-0.1, -0.05) is 60.7 Å². The van der Waals surface area contributed by atoms with Gasteiger partial charge in [0.05, 0.1) is 0 Å². The predicted octanol–water partition coefficient (Wildman–Crippen LogP) is 4.95. The third kappa shape index (κ3) is 7.23. The molecule has 7 heteroatoms. The Morgan fingerprint density at radius 1 is 0.810 bits per heavy atom. The second kappa shape index (κ2) is 13.0. The van der Waals surface area contributed by atoms with Crippen molar-refractivity contribution in [2.75, 3.05) is 26.2 Å². The molecule has 5 aliphatic rings. The summed E-state index contributed by atoms with van der Waals surface area (Å²) in [6.07, 6.45) is 8.32. The van der Waals surface area contributed by atoms with Crippen LogP contribution in [0.15, 0.2) is 60.7 Å². The first-order valence-corrected chi connectivity index (χ1v) is 16.0. The molecule has 2 aromatic rings. The van der Waals surface area contributed by atoms with Gasteiger partial charge < -0.3 is 15.0 Å². The zero-order chi connectivity index (χ0) is 28.9. The lowest BCUT2D eigenvalue weighted by Crippen LogP contribution is -2.55. The molecule has 2 amide bonds. The van der Waals surface area contributed by atoms with E-state index in [0.717, 1.165) is 62.2 Å². The molecule has 1 aliphatic heterocycles. The molecular weight excluding hydrogens is 526 g/mol. The number of piperazine rings is 1. The van der Waals surface area contributed by atoms with Crippen LogP contribution in [0, 0.1) is 23.2 Å². The minimum absolute atomic E-state index is 0.0318. The van der Waals surface area contributed by atoms with Crippen molar-refractivity contribution in [1.29, 1.82) is 0 Å². The van der Waals surface area contributed by atoms with Crippen LogP contribution in [0.4, 0.5) is 0 Å². The molecule has 1 N–H and O–H groups in total. The summed E-state index contributed by atoms with van der Waals surface area (Å²) >= 11 is 0. The van der Waals surface area contributed by atoms with Crippen LogP contribution in [0.3, 0.4) is 0 Å². The Labute approximate surface area is 250 Å². The van der Waals surface area contributed by atoms with Gasteiger partial charge in [-0.15, -0.1) is 0 Å². The number of esters is 1. The maximum absolute atomic E-state index is 13.8. The first-order chi connectivity index (χ1) is 20.4. The van der Waals surface area contributed by atoms with E-state index < -0.39 is 6.04 Å². The van der Waals surface area contributed by atoms with Crippen molar-refractivity contribution in [3.05, 3.63) is 71.8 Å². The van der Waals surface area contributed by atoms with Crippen LogP contribution >= 0.6 is 0 Å². The maximum Gasteiger partial charge on any atom is 0.306 e. The molecule has 1 unspecified atom stereocenters. The number of nitrogens with zero attached hydrogens (tertiary/aromatic N) is 2. The minimum Gasteiger partial charge on any atom is -0.461 e. The Morgan fingerprint density at radius 2 is 1.38 bits per heavy atom. The Kier molecular flexibility index (Phi) is 8.94. The van der Waals surface area contributed by atoms with Crippen molar-refractivity contribution in [2.45, 2.75) is 77.0 Å². The van der Waals surface area contributed by atoms with Crippen LogP contribution in [0.1, 0.15) is 68.9 Å². The van der Waals surface area contributed by atoms with Crippen LogP contribution in [-0.4, -0.2) is 59.8 Å². The molecule has 7 rings (SSSR count). The van der Waals surface area contributed by atoms with Gasteiger partial charge in [-0.05, 0) is 79.2 Å². The molecule has 1 heterocycles. The molecule has 7 nitrogen and oxygen atoms in total. The summed E-state index contributed by atoms with van der Waals surface area (Å²) in [5, 5.41) is 3.12. The molecule has 4 aliphatic carbocycles. The van der Waals surface area contributed by atoms with Gasteiger partial charge in [0.1, 0.15) is 12.6 Å². The number of carbonyl (C=O) groups is 3. The summed E-state index contributed by atoms with van der Waals surface area (Å²) in [7, 11) is 0. The third-order valence-electron chi connectivity index (χ3n) is 10.1. The Hall–Kier alpha value is -3.19. The lowest BCUT2D eigenvalue weighted by Gasteiger charge is -2.56. The summed E-state index contributed by atoms with van der Waals surface area (Å²) < 4.78 is 5.49. The molecule has 1 atom stereocenters. The van der Waals surface area contributed by atoms with Crippen molar-refractivity contribution in [2.24, 2.45) is 23.2 Å². The van der Waals surface area contributed by atoms with Gasteiger partial charge in [-0.3, -0.25) is 19.3 Å². The number of amides is 2. The quantitative estimate of drug-likeness (QED) is 0.387. The summed E-state index contributed by atoms with van der Waals surface area (Å²) in [6.45, 7) is 3.87. The van der Waals surface area contributed by atoms with Crippen LogP contribution in [0.2, 0.25) is 0 Å². The Bertz CT molecular complexity index is 1190. The molecule has 1 saturated heterocycles.